The third-order valence-corrected chi connectivity index (χ3v) is 4.35. The van der Waals surface area contributed by atoms with E-state index in [1.807, 2.05) is 12.1 Å². The molecule has 8 nitrogen and oxygen atoms in total. The number of hydrogen-bond donors (Lipinski definition) is 1. The smallest absolute Gasteiger partial charge is 0.242 e. The molecule has 4 heterocycles. The zero-order valence-corrected chi connectivity index (χ0v) is 13.8. The molecule has 0 bridgehead atoms. The van der Waals surface area contributed by atoms with Crippen LogP contribution in [0, 0.1) is 0 Å². The van der Waals surface area contributed by atoms with Crippen LogP contribution in [0.3, 0.4) is 0 Å². The molecule has 0 saturated carbocycles. The first-order chi connectivity index (χ1) is 12.3. The van der Waals surface area contributed by atoms with E-state index in [2.05, 4.69) is 30.3 Å². The molecule has 25 heavy (non-hydrogen) atoms. The molecule has 0 atom stereocenters. The molecule has 4 rings (SSSR count). The number of pyridine rings is 1. The van der Waals surface area contributed by atoms with Crippen LogP contribution in [0.25, 0.3) is 11.0 Å². The maximum absolute atomic E-state index is 12.2. The first-order valence-electron chi connectivity index (χ1n) is 8.38. The normalized spacial score (nSPS) is 14.2. The molecule has 128 valence electrons. The highest BCUT2D eigenvalue weighted by atomic mass is 16.2. The highest BCUT2D eigenvalue weighted by Crippen LogP contribution is 2.25. The van der Waals surface area contributed by atoms with Gasteiger partial charge in [0.15, 0.2) is 5.65 Å². The van der Waals surface area contributed by atoms with Crippen molar-refractivity contribution < 1.29 is 4.79 Å². The number of aromatic nitrogens is 5. The average molecular weight is 337 g/mol. The fourth-order valence-electron chi connectivity index (χ4n) is 3.07. The molecule has 1 fully saturated rings. The second-order valence-electron chi connectivity index (χ2n) is 6.06. The van der Waals surface area contributed by atoms with Crippen molar-refractivity contribution in [1.29, 1.82) is 0 Å². The van der Waals surface area contributed by atoms with Gasteiger partial charge in [-0.05, 0) is 30.5 Å². The van der Waals surface area contributed by atoms with E-state index in [4.69, 9.17) is 0 Å². The predicted octanol–water partition coefficient (Wildman–Crippen LogP) is 1.14. The minimum absolute atomic E-state index is 0.108. The lowest BCUT2D eigenvalue weighted by molar-refractivity contribution is -0.121. The van der Waals surface area contributed by atoms with Crippen molar-refractivity contribution in [2.45, 2.75) is 25.9 Å². The summed E-state index contributed by atoms with van der Waals surface area (Å²) in [6.07, 6.45) is 9.06. The molecule has 8 heteroatoms. The van der Waals surface area contributed by atoms with E-state index in [1.54, 1.807) is 29.6 Å². The summed E-state index contributed by atoms with van der Waals surface area (Å²) >= 11 is 0. The highest BCUT2D eigenvalue weighted by Gasteiger charge is 2.19. The van der Waals surface area contributed by atoms with Crippen LogP contribution in [0.15, 0.2) is 37.1 Å². The standard InChI is InChI=1S/C17H19N7O/c25-15(19-9-13-3-5-18-6-4-13)11-24-17-14(10-22-24)16(20-12-21-17)23-7-1-2-8-23/h3-6,10,12H,1-2,7-9,11H2,(H,19,25). The number of anilines is 1. The Labute approximate surface area is 144 Å². The molecular weight excluding hydrogens is 318 g/mol. The van der Waals surface area contributed by atoms with Crippen LogP contribution in [0.1, 0.15) is 18.4 Å². The molecule has 1 aliphatic rings. The monoisotopic (exact) mass is 337 g/mol. The number of hydrogen-bond acceptors (Lipinski definition) is 6. The zero-order valence-electron chi connectivity index (χ0n) is 13.8. The SMILES string of the molecule is O=C(Cn1ncc2c(N3CCCC3)ncnc21)NCc1ccncc1. The number of fused-ring (bicyclic) bond motifs is 1. The minimum atomic E-state index is -0.108. The highest BCUT2D eigenvalue weighted by molar-refractivity contribution is 5.88. The molecule has 0 aromatic carbocycles. The fourth-order valence-corrected chi connectivity index (χ4v) is 3.07. The van der Waals surface area contributed by atoms with E-state index in [-0.39, 0.29) is 12.5 Å². The van der Waals surface area contributed by atoms with Gasteiger partial charge in [0.05, 0.1) is 11.6 Å². The van der Waals surface area contributed by atoms with E-state index in [9.17, 15) is 4.79 Å². The Balaban J connectivity index is 1.48. The lowest BCUT2D eigenvalue weighted by Gasteiger charge is -2.16. The number of nitrogens with zero attached hydrogens (tertiary/aromatic N) is 6. The molecule has 1 amide bonds. The summed E-state index contributed by atoms with van der Waals surface area (Å²) in [5, 5.41) is 8.12. The molecule has 0 unspecified atom stereocenters. The first kappa shape index (κ1) is 15.5. The van der Waals surface area contributed by atoms with Crippen LogP contribution < -0.4 is 10.2 Å². The van der Waals surface area contributed by atoms with Crippen LogP contribution in [-0.2, 0) is 17.9 Å². The molecule has 0 aliphatic carbocycles. The van der Waals surface area contributed by atoms with Crippen molar-refractivity contribution in [3.05, 3.63) is 42.6 Å². The zero-order chi connectivity index (χ0) is 17.1. The summed E-state index contributed by atoms with van der Waals surface area (Å²) in [6.45, 7) is 2.60. The van der Waals surface area contributed by atoms with Gasteiger partial charge in [-0.2, -0.15) is 5.10 Å². The predicted molar refractivity (Wildman–Crippen MR) is 92.9 cm³/mol. The Bertz CT molecular complexity index is 871. The van der Waals surface area contributed by atoms with Gasteiger partial charge in [0.25, 0.3) is 0 Å². The lowest BCUT2D eigenvalue weighted by Crippen LogP contribution is -2.27. The Morgan fingerprint density at radius 3 is 2.76 bits per heavy atom. The molecule has 1 saturated heterocycles. The van der Waals surface area contributed by atoms with Crippen molar-refractivity contribution in [2.24, 2.45) is 0 Å². The number of carbonyl (C=O) groups is 1. The van der Waals surface area contributed by atoms with Crippen molar-refractivity contribution in [2.75, 3.05) is 18.0 Å². The topological polar surface area (TPSA) is 88.8 Å². The summed E-state index contributed by atoms with van der Waals surface area (Å²) in [5.74, 6) is 0.800. The van der Waals surface area contributed by atoms with E-state index in [0.717, 1.165) is 29.9 Å². The van der Waals surface area contributed by atoms with Gasteiger partial charge in [-0.3, -0.25) is 9.78 Å². The first-order valence-corrected chi connectivity index (χ1v) is 8.38. The minimum Gasteiger partial charge on any atom is -0.356 e. The number of amides is 1. The van der Waals surface area contributed by atoms with Gasteiger partial charge in [-0.15, -0.1) is 0 Å². The third-order valence-electron chi connectivity index (χ3n) is 4.35. The van der Waals surface area contributed by atoms with Gasteiger partial charge in [0.1, 0.15) is 18.7 Å². The molecule has 0 spiro atoms. The van der Waals surface area contributed by atoms with Gasteiger partial charge in [-0.1, -0.05) is 0 Å². The second-order valence-corrected chi connectivity index (χ2v) is 6.06. The van der Waals surface area contributed by atoms with Crippen LogP contribution >= 0.6 is 0 Å². The van der Waals surface area contributed by atoms with Crippen LogP contribution in [0.4, 0.5) is 5.82 Å². The number of nitrogens with one attached hydrogen (secondary N) is 1. The van der Waals surface area contributed by atoms with E-state index in [0.29, 0.717) is 12.2 Å². The van der Waals surface area contributed by atoms with Crippen LogP contribution in [0.2, 0.25) is 0 Å². The summed E-state index contributed by atoms with van der Waals surface area (Å²) in [7, 11) is 0. The maximum Gasteiger partial charge on any atom is 0.242 e. The lowest BCUT2D eigenvalue weighted by atomic mass is 10.3. The number of rotatable bonds is 5. The number of carbonyl (C=O) groups excluding carboxylic acids is 1. The molecule has 3 aromatic rings. The quantitative estimate of drug-likeness (QED) is 0.751. The van der Waals surface area contributed by atoms with E-state index < -0.39 is 0 Å². The van der Waals surface area contributed by atoms with E-state index >= 15 is 0 Å². The van der Waals surface area contributed by atoms with Crippen molar-refractivity contribution >= 4 is 22.8 Å². The van der Waals surface area contributed by atoms with Gasteiger partial charge in [0, 0.05) is 32.0 Å². The molecule has 1 aliphatic heterocycles. The van der Waals surface area contributed by atoms with Crippen LogP contribution in [0.5, 0.6) is 0 Å². The summed E-state index contributed by atoms with van der Waals surface area (Å²) in [5.41, 5.74) is 1.70. The Kier molecular flexibility index (Phi) is 4.24. The van der Waals surface area contributed by atoms with Gasteiger partial charge in [0.2, 0.25) is 5.91 Å². The van der Waals surface area contributed by atoms with Gasteiger partial charge < -0.3 is 10.2 Å². The maximum atomic E-state index is 12.2. The van der Waals surface area contributed by atoms with Crippen LogP contribution in [-0.4, -0.2) is 43.7 Å². The summed E-state index contributed by atoms with van der Waals surface area (Å²) < 4.78 is 1.62. The Morgan fingerprint density at radius 1 is 1.16 bits per heavy atom. The third kappa shape index (κ3) is 3.28. The fraction of sp³-hybridized carbons (Fsp3) is 0.353. The average Bonchev–Trinajstić information content (AvgIpc) is 3.31. The largest absolute Gasteiger partial charge is 0.356 e. The Morgan fingerprint density at radius 2 is 1.96 bits per heavy atom. The van der Waals surface area contributed by atoms with Crippen molar-refractivity contribution in [3.8, 4) is 0 Å². The summed E-state index contributed by atoms with van der Waals surface area (Å²) in [4.78, 5) is 27.2. The van der Waals surface area contributed by atoms with Gasteiger partial charge in [-0.25, -0.2) is 14.6 Å². The van der Waals surface area contributed by atoms with Crippen molar-refractivity contribution in [3.63, 3.8) is 0 Å². The molecule has 0 radical (unpaired) electrons. The van der Waals surface area contributed by atoms with Crippen molar-refractivity contribution in [1.82, 2.24) is 30.0 Å². The second kappa shape index (κ2) is 6.84. The molecular formula is C17H19N7O. The van der Waals surface area contributed by atoms with E-state index in [1.165, 1.54) is 12.8 Å². The van der Waals surface area contributed by atoms with Gasteiger partial charge >= 0.3 is 0 Å². The summed E-state index contributed by atoms with van der Waals surface area (Å²) in [6, 6.07) is 3.75. The Hall–Kier alpha value is -3.03. The molecule has 3 aromatic heterocycles. The molecule has 1 N–H and O–H groups in total.